The minimum absolute atomic E-state index is 0.138. The molecular formula is C31H50N2O6. The molecule has 4 saturated carbocycles. The van der Waals surface area contributed by atoms with E-state index in [0.29, 0.717) is 35.9 Å². The van der Waals surface area contributed by atoms with Gasteiger partial charge in [0, 0.05) is 5.92 Å². The summed E-state index contributed by atoms with van der Waals surface area (Å²) < 4.78 is 6.02. The zero-order valence-electron chi connectivity index (χ0n) is 24.5. The Bertz CT molecular complexity index is 967. The van der Waals surface area contributed by atoms with Crippen molar-refractivity contribution in [2.75, 3.05) is 0 Å². The predicted molar refractivity (Wildman–Crippen MR) is 147 cm³/mol. The van der Waals surface area contributed by atoms with E-state index >= 15 is 0 Å². The lowest BCUT2D eigenvalue weighted by Gasteiger charge is -2.61. The van der Waals surface area contributed by atoms with Crippen LogP contribution in [0.5, 0.6) is 0 Å². The van der Waals surface area contributed by atoms with Crippen LogP contribution in [0.15, 0.2) is 0 Å². The first-order valence-electron chi connectivity index (χ1n) is 15.2. The van der Waals surface area contributed by atoms with E-state index in [9.17, 15) is 19.2 Å². The number of rotatable bonds is 9. The molecule has 0 heterocycles. The number of aliphatic carboxylic acids is 1. The third kappa shape index (κ3) is 5.91. The number of carboxylic acids is 1. The molecular weight excluding hydrogens is 496 g/mol. The molecule has 4 rings (SSSR count). The number of ether oxygens (including phenoxy) is 1. The average molecular weight is 547 g/mol. The van der Waals surface area contributed by atoms with E-state index in [0.717, 1.165) is 38.5 Å². The largest absolute Gasteiger partial charge is 0.481 e. The molecule has 0 spiro atoms. The van der Waals surface area contributed by atoms with Gasteiger partial charge in [0.2, 0.25) is 5.91 Å². The second-order valence-corrected chi connectivity index (χ2v) is 14.2. The summed E-state index contributed by atoms with van der Waals surface area (Å²) in [5, 5.41) is 11.6. The molecule has 0 saturated heterocycles. The Kier molecular flexibility index (Phi) is 8.85. The number of carbonyl (C=O) groups excluding carboxylic acids is 3. The van der Waals surface area contributed by atoms with Crippen molar-refractivity contribution in [2.24, 2.45) is 52.1 Å². The van der Waals surface area contributed by atoms with Crippen molar-refractivity contribution in [3.05, 3.63) is 0 Å². The molecule has 4 N–H and O–H groups in total. The van der Waals surface area contributed by atoms with E-state index in [4.69, 9.17) is 15.6 Å². The van der Waals surface area contributed by atoms with Gasteiger partial charge >= 0.3 is 11.9 Å². The van der Waals surface area contributed by atoms with Gasteiger partial charge in [0.25, 0.3) is 0 Å². The second-order valence-electron chi connectivity index (χ2n) is 14.2. The minimum atomic E-state index is -1.21. The Morgan fingerprint density at radius 2 is 1.64 bits per heavy atom. The number of nitrogens with one attached hydrogen (secondary N) is 1. The van der Waals surface area contributed by atoms with Crippen molar-refractivity contribution in [3.8, 4) is 0 Å². The predicted octanol–water partition coefficient (Wildman–Crippen LogP) is 4.48. The SMILES string of the molecule is CC(=O)[C@H]1CC[C@H]2[C@@H]3CC[C@H]4C[C@H](OC(=O)[C@H](CC(C)C)NC(=O)[C@@H](N)CC(=O)O)CC[C@]4(C)[C@H]3CC[C@]12C. The Morgan fingerprint density at radius 1 is 0.974 bits per heavy atom. The van der Waals surface area contributed by atoms with Gasteiger partial charge in [-0.2, -0.15) is 0 Å². The minimum Gasteiger partial charge on any atom is -0.481 e. The highest BCUT2D eigenvalue weighted by Gasteiger charge is 2.61. The third-order valence-corrected chi connectivity index (χ3v) is 11.4. The van der Waals surface area contributed by atoms with E-state index in [-0.39, 0.29) is 28.8 Å². The molecule has 0 bridgehead atoms. The summed E-state index contributed by atoms with van der Waals surface area (Å²) in [5.74, 6) is 0.990. The summed E-state index contributed by atoms with van der Waals surface area (Å²) in [5.41, 5.74) is 6.12. The number of esters is 1. The number of amides is 1. The molecule has 1 amide bonds. The smallest absolute Gasteiger partial charge is 0.328 e. The van der Waals surface area contributed by atoms with Crippen LogP contribution in [0.2, 0.25) is 0 Å². The number of hydrogen-bond acceptors (Lipinski definition) is 6. The number of carbonyl (C=O) groups is 4. The number of nitrogens with two attached hydrogens (primary N) is 1. The molecule has 4 fully saturated rings. The van der Waals surface area contributed by atoms with Crippen LogP contribution in [0.1, 0.15) is 105 Å². The van der Waals surface area contributed by atoms with Crippen LogP contribution in [0, 0.1) is 46.3 Å². The second kappa shape index (κ2) is 11.5. The quantitative estimate of drug-likeness (QED) is 0.363. The van der Waals surface area contributed by atoms with Crippen molar-refractivity contribution in [1.29, 1.82) is 0 Å². The topological polar surface area (TPSA) is 136 Å². The van der Waals surface area contributed by atoms with Crippen LogP contribution in [0.4, 0.5) is 0 Å². The number of ketones is 1. The van der Waals surface area contributed by atoms with Gasteiger partial charge in [-0.25, -0.2) is 4.79 Å². The number of hydrogen-bond donors (Lipinski definition) is 3. The zero-order valence-corrected chi connectivity index (χ0v) is 24.5. The lowest BCUT2D eigenvalue weighted by atomic mass is 9.44. The van der Waals surface area contributed by atoms with Gasteiger partial charge < -0.3 is 20.9 Å². The maximum Gasteiger partial charge on any atom is 0.328 e. The van der Waals surface area contributed by atoms with Gasteiger partial charge in [0.15, 0.2) is 0 Å². The van der Waals surface area contributed by atoms with Crippen molar-refractivity contribution in [1.82, 2.24) is 5.32 Å². The van der Waals surface area contributed by atoms with Crippen LogP contribution >= 0.6 is 0 Å². The van der Waals surface area contributed by atoms with Crippen LogP contribution in [0.3, 0.4) is 0 Å². The maximum absolute atomic E-state index is 13.2. The molecule has 0 aliphatic heterocycles. The maximum atomic E-state index is 13.2. The van der Waals surface area contributed by atoms with Gasteiger partial charge in [-0.15, -0.1) is 0 Å². The third-order valence-electron chi connectivity index (χ3n) is 11.4. The summed E-state index contributed by atoms with van der Waals surface area (Å²) in [6.07, 6.45) is 9.35. The van der Waals surface area contributed by atoms with Crippen LogP contribution < -0.4 is 11.1 Å². The lowest BCUT2D eigenvalue weighted by molar-refractivity contribution is -0.166. The fraction of sp³-hybridized carbons (Fsp3) is 0.871. The number of fused-ring (bicyclic) bond motifs is 5. The molecule has 10 atom stereocenters. The highest BCUT2D eigenvalue weighted by Crippen LogP contribution is 2.67. The first-order valence-corrected chi connectivity index (χ1v) is 15.2. The van der Waals surface area contributed by atoms with Crippen LogP contribution in [-0.2, 0) is 23.9 Å². The van der Waals surface area contributed by atoms with Crippen molar-refractivity contribution in [3.63, 3.8) is 0 Å². The van der Waals surface area contributed by atoms with Crippen LogP contribution in [-0.4, -0.2) is 46.9 Å². The number of carboxylic acid groups (broad SMARTS) is 1. The van der Waals surface area contributed by atoms with Gasteiger partial charge in [0.05, 0.1) is 12.5 Å². The normalized spacial score (nSPS) is 39.1. The molecule has 4 aliphatic rings. The van der Waals surface area contributed by atoms with Gasteiger partial charge in [-0.3, -0.25) is 14.4 Å². The molecule has 8 nitrogen and oxygen atoms in total. The fourth-order valence-electron chi connectivity index (χ4n) is 9.49. The average Bonchev–Trinajstić information content (AvgIpc) is 3.20. The van der Waals surface area contributed by atoms with E-state index in [2.05, 4.69) is 19.2 Å². The number of Topliss-reactive ketones (excluding diaryl/α,β-unsaturated/α-hetero) is 1. The highest BCUT2D eigenvalue weighted by molar-refractivity contribution is 5.89. The summed E-state index contributed by atoms with van der Waals surface area (Å²) in [6, 6.07) is -2.05. The summed E-state index contributed by atoms with van der Waals surface area (Å²) in [6.45, 7) is 10.6. The molecule has 0 aromatic rings. The molecule has 0 aromatic carbocycles. The molecule has 39 heavy (non-hydrogen) atoms. The molecule has 8 heteroatoms. The molecule has 4 aliphatic carbocycles. The monoisotopic (exact) mass is 546 g/mol. The zero-order chi connectivity index (χ0) is 28.7. The molecule has 0 unspecified atom stereocenters. The lowest BCUT2D eigenvalue weighted by Crippen LogP contribution is -2.55. The Balaban J connectivity index is 1.39. The first-order chi connectivity index (χ1) is 18.3. The van der Waals surface area contributed by atoms with E-state index < -0.39 is 36.4 Å². The van der Waals surface area contributed by atoms with Crippen molar-refractivity contribution < 1.29 is 29.0 Å². The first kappa shape index (κ1) is 30.0. The van der Waals surface area contributed by atoms with Gasteiger partial charge in [-0.05, 0) is 112 Å². The molecule has 0 radical (unpaired) electrons. The molecule has 220 valence electrons. The summed E-state index contributed by atoms with van der Waals surface area (Å²) in [4.78, 5) is 49.1. The molecule has 0 aromatic heterocycles. The van der Waals surface area contributed by atoms with E-state index in [1.54, 1.807) is 6.92 Å². The standard InChI is InChI=1S/C31H50N2O6/c1-17(2)14-26(33-28(37)25(32)16-27(35)36)29(38)39-20-10-12-30(4)19(15-20)6-7-21-23-9-8-22(18(3)34)31(23,5)13-11-24(21)30/h17,19-26H,6-16,32H2,1-5H3,(H,33,37)(H,35,36)/t19-,20+,21-,22+,23-,24-,25-,26-,30-,31+/m0/s1. The van der Waals surface area contributed by atoms with E-state index in [1.807, 2.05) is 13.8 Å². The van der Waals surface area contributed by atoms with E-state index in [1.165, 1.54) is 19.3 Å². The summed E-state index contributed by atoms with van der Waals surface area (Å²) in [7, 11) is 0. The Hall–Kier alpha value is -1.96. The fourth-order valence-corrected chi connectivity index (χ4v) is 9.49. The van der Waals surface area contributed by atoms with Gasteiger partial charge in [-0.1, -0.05) is 27.7 Å². The summed E-state index contributed by atoms with van der Waals surface area (Å²) >= 11 is 0. The Morgan fingerprint density at radius 3 is 2.28 bits per heavy atom. The highest BCUT2D eigenvalue weighted by atomic mass is 16.5. The van der Waals surface area contributed by atoms with Gasteiger partial charge in [0.1, 0.15) is 17.9 Å². The Labute approximate surface area is 233 Å². The van der Waals surface area contributed by atoms with Crippen LogP contribution in [0.25, 0.3) is 0 Å². The van der Waals surface area contributed by atoms with Crippen molar-refractivity contribution >= 4 is 23.6 Å². The van der Waals surface area contributed by atoms with Crippen molar-refractivity contribution in [2.45, 2.75) is 123 Å².